The van der Waals surface area contributed by atoms with Gasteiger partial charge < -0.3 is 20.1 Å². The van der Waals surface area contributed by atoms with Crippen LogP contribution in [0.5, 0.6) is 0 Å². The van der Waals surface area contributed by atoms with E-state index < -0.39 is 26.5 Å². The summed E-state index contributed by atoms with van der Waals surface area (Å²) in [6.07, 6.45) is 95.2. The van der Waals surface area contributed by atoms with Crippen molar-refractivity contribution in [2.45, 2.75) is 290 Å². The number of carbonyl (C=O) groups excluding carboxylic acids is 2. The minimum absolute atomic E-state index is 0.0475. The molecule has 0 fully saturated rings. The van der Waals surface area contributed by atoms with Crippen molar-refractivity contribution in [3.8, 4) is 0 Å². The van der Waals surface area contributed by atoms with Gasteiger partial charge in [0.2, 0.25) is 0 Å². The van der Waals surface area contributed by atoms with Gasteiger partial charge in [-0.05, 0) is 116 Å². The first-order chi connectivity index (χ1) is 40.8. The first kappa shape index (κ1) is 79.2. The summed E-state index contributed by atoms with van der Waals surface area (Å²) in [6.45, 7) is 3.63. The van der Waals surface area contributed by atoms with Crippen LogP contribution < -0.4 is 5.73 Å². The standard InChI is InChI=1S/C73H124NO8P/c1-3-5-7-9-11-13-15-17-19-21-23-25-27-28-29-30-31-32-33-34-35-36-37-38-39-40-41-42-44-46-48-50-52-54-56-58-60-62-64-66-73(76)82-71(70-81-83(77,78)80-68-67-74)69-79-72(75)65-63-61-59-57-55-53-51-49-47-45-43-26-24-22-20-18-16-14-12-10-8-6-4-2/h5,7,11,13,16-19,22-25,28-29,31-32,34-35,37-38,40-41,71H,3-4,6,8-10,12,14-15,20-21,26-27,30,33,36,39,42-70,74H2,1-2H3,(H,77,78)/b7-5-,13-11-,18-16-,19-17-,24-22-,25-23-,29-28-,32-31-,35-34-,38-37-,41-40-. The van der Waals surface area contributed by atoms with E-state index in [4.69, 9.17) is 24.3 Å². The van der Waals surface area contributed by atoms with Crippen LogP contribution in [0.15, 0.2) is 134 Å². The van der Waals surface area contributed by atoms with Crippen LogP contribution in [0.1, 0.15) is 284 Å². The zero-order chi connectivity index (χ0) is 60.1. The minimum atomic E-state index is -4.40. The molecular weight excluding hydrogens is 1050 g/mol. The van der Waals surface area contributed by atoms with E-state index in [1.165, 1.54) is 141 Å². The lowest BCUT2D eigenvalue weighted by atomic mass is 10.0. The van der Waals surface area contributed by atoms with E-state index in [0.29, 0.717) is 6.42 Å². The molecule has 0 aromatic carbocycles. The number of esters is 2. The number of allylic oxidation sites excluding steroid dienone is 22. The minimum Gasteiger partial charge on any atom is -0.462 e. The predicted molar refractivity (Wildman–Crippen MR) is 357 cm³/mol. The Morgan fingerprint density at radius 3 is 0.988 bits per heavy atom. The molecule has 0 heterocycles. The van der Waals surface area contributed by atoms with Crippen molar-refractivity contribution in [3.63, 3.8) is 0 Å². The van der Waals surface area contributed by atoms with Crippen molar-refractivity contribution in [2.24, 2.45) is 5.73 Å². The summed E-state index contributed by atoms with van der Waals surface area (Å²) in [6, 6.07) is 0. The number of hydrogen-bond donors (Lipinski definition) is 2. The summed E-state index contributed by atoms with van der Waals surface area (Å²) in [5.74, 6) is -0.834. The molecular formula is C73H124NO8P. The molecule has 0 aliphatic carbocycles. The van der Waals surface area contributed by atoms with Gasteiger partial charge in [0.25, 0.3) is 0 Å². The van der Waals surface area contributed by atoms with E-state index in [0.717, 1.165) is 109 Å². The molecule has 0 bridgehead atoms. The molecule has 0 aromatic rings. The molecule has 0 aromatic heterocycles. The second-order valence-electron chi connectivity index (χ2n) is 22.0. The van der Waals surface area contributed by atoms with E-state index >= 15 is 0 Å². The second-order valence-corrected chi connectivity index (χ2v) is 23.4. The molecule has 0 aliphatic heterocycles. The highest BCUT2D eigenvalue weighted by Gasteiger charge is 2.26. The smallest absolute Gasteiger partial charge is 0.462 e. The average Bonchev–Trinajstić information content (AvgIpc) is 3.48. The number of carbonyl (C=O) groups is 2. The molecule has 0 radical (unpaired) electrons. The molecule has 2 atom stereocenters. The summed E-state index contributed by atoms with van der Waals surface area (Å²) in [5, 5.41) is 0. The first-order valence-electron chi connectivity index (χ1n) is 33.7. The van der Waals surface area contributed by atoms with Crippen LogP contribution >= 0.6 is 7.82 Å². The largest absolute Gasteiger partial charge is 0.472 e. The number of phosphoric ester groups is 1. The molecule has 474 valence electrons. The number of phosphoric acid groups is 1. The van der Waals surface area contributed by atoms with Crippen LogP contribution in [0.25, 0.3) is 0 Å². The van der Waals surface area contributed by atoms with E-state index in [2.05, 4.69) is 148 Å². The van der Waals surface area contributed by atoms with Gasteiger partial charge in [-0.2, -0.15) is 0 Å². The first-order valence-corrected chi connectivity index (χ1v) is 35.2. The molecule has 0 saturated carbocycles. The van der Waals surface area contributed by atoms with Gasteiger partial charge in [-0.15, -0.1) is 0 Å². The van der Waals surface area contributed by atoms with Crippen molar-refractivity contribution in [3.05, 3.63) is 134 Å². The third-order valence-electron chi connectivity index (χ3n) is 14.0. The van der Waals surface area contributed by atoms with E-state index in [9.17, 15) is 19.0 Å². The van der Waals surface area contributed by atoms with Crippen molar-refractivity contribution >= 4 is 19.8 Å². The van der Waals surface area contributed by atoms with E-state index in [1.54, 1.807) is 0 Å². The molecule has 2 unspecified atom stereocenters. The predicted octanol–water partition coefficient (Wildman–Crippen LogP) is 22.1. The SMILES string of the molecule is CC/C=C\C/C=C\C/C=C\C/C=C\C/C=C\C/C=C\C/C=C\C/C=C\C/C=C\CCCCCCCCCCCCCC(=O)OC(COC(=O)CCCCCCCCCCCCC/C=C\C/C=C\CCCCCCC)COP(=O)(O)OCCN. The topological polar surface area (TPSA) is 134 Å². The quantitative estimate of drug-likeness (QED) is 0.0264. The van der Waals surface area contributed by atoms with Crippen LogP contribution in [0, 0.1) is 0 Å². The van der Waals surface area contributed by atoms with Gasteiger partial charge in [0, 0.05) is 19.4 Å². The third-order valence-corrected chi connectivity index (χ3v) is 15.0. The Balaban J connectivity index is 3.95. The fourth-order valence-corrected chi connectivity index (χ4v) is 9.84. The van der Waals surface area contributed by atoms with Gasteiger partial charge in [-0.25, -0.2) is 4.57 Å². The Labute approximate surface area is 510 Å². The van der Waals surface area contributed by atoms with Crippen LogP contribution in [-0.4, -0.2) is 49.3 Å². The van der Waals surface area contributed by atoms with Crippen molar-refractivity contribution < 1.29 is 37.6 Å². The van der Waals surface area contributed by atoms with Crippen molar-refractivity contribution in [1.82, 2.24) is 0 Å². The van der Waals surface area contributed by atoms with Gasteiger partial charge in [0.05, 0.1) is 13.2 Å². The number of nitrogens with two attached hydrogens (primary N) is 1. The fourth-order valence-electron chi connectivity index (χ4n) is 9.07. The van der Waals surface area contributed by atoms with Crippen LogP contribution in [0.2, 0.25) is 0 Å². The summed E-state index contributed by atoms with van der Waals surface area (Å²) < 4.78 is 33.1. The molecule has 0 spiro atoms. The molecule has 0 rings (SSSR count). The fraction of sp³-hybridized carbons (Fsp3) is 0.671. The van der Waals surface area contributed by atoms with Crippen molar-refractivity contribution in [1.29, 1.82) is 0 Å². The average molecular weight is 1170 g/mol. The molecule has 10 heteroatoms. The lowest BCUT2D eigenvalue weighted by Crippen LogP contribution is -2.29. The summed E-state index contributed by atoms with van der Waals surface area (Å²) in [4.78, 5) is 35.3. The number of ether oxygens (including phenoxy) is 2. The lowest BCUT2D eigenvalue weighted by molar-refractivity contribution is -0.161. The Bertz CT molecular complexity index is 1820. The van der Waals surface area contributed by atoms with E-state index in [-0.39, 0.29) is 38.6 Å². The normalized spacial score (nSPS) is 13.8. The number of unbranched alkanes of at least 4 members (excludes halogenated alkanes) is 27. The van der Waals surface area contributed by atoms with Crippen LogP contribution in [0.3, 0.4) is 0 Å². The summed E-state index contributed by atoms with van der Waals surface area (Å²) in [5.41, 5.74) is 5.40. The zero-order valence-electron chi connectivity index (χ0n) is 53.1. The van der Waals surface area contributed by atoms with Gasteiger partial charge >= 0.3 is 19.8 Å². The maximum atomic E-state index is 12.8. The monoisotopic (exact) mass is 1170 g/mol. The molecule has 9 nitrogen and oxygen atoms in total. The Kier molecular flexibility index (Phi) is 64.2. The van der Waals surface area contributed by atoms with Crippen LogP contribution in [-0.2, 0) is 32.7 Å². The summed E-state index contributed by atoms with van der Waals surface area (Å²) >= 11 is 0. The highest BCUT2D eigenvalue weighted by atomic mass is 31.2. The molecule has 0 amide bonds. The zero-order valence-corrected chi connectivity index (χ0v) is 54.0. The maximum absolute atomic E-state index is 12.8. The number of hydrogen-bond acceptors (Lipinski definition) is 8. The Morgan fingerprint density at radius 2 is 0.663 bits per heavy atom. The van der Waals surface area contributed by atoms with Gasteiger partial charge in [0.15, 0.2) is 6.10 Å². The highest BCUT2D eigenvalue weighted by Crippen LogP contribution is 2.43. The second kappa shape index (κ2) is 67.3. The Hall–Kier alpha value is -3.85. The highest BCUT2D eigenvalue weighted by molar-refractivity contribution is 7.47. The third kappa shape index (κ3) is 67.2. The molecule has 3 N–H and O–H groups in total. The van der Waals surface area contributed by atoms with E-state index in [1.807, 2.05) is 0 Å². The molecule has 0 saturated heterocycles. The van der Waals surface area contributed by atoms with Gasteiger partial charge in [-0.3, -0.25) is 18.6 Å². The Morgan fingerprint density at radius 1 is 0.373 bits per heavy atom. The lowest BCUT2D eigenvalue weighted by Gasteiger charge is -2.19. The van der Waals surface area contributed by atoms with Crippen LogP contribution in [0.4, 0.5) is 0 Å². The maximum Gasteiger partial charge on any atom is 0.472 e. The van der Waals surface area contributed by atoms with Gasteiger partial charge in [-0.1, -0.05) is 289 Å². The number of rotatable bonds is 62. The summed E-state index contributed by atoms with van der Waals surface area (Å²) in [7, 11) is -4.40. The van der Waals surface area contributed by atoms with Gasteiger partial charge in [0.1, 0.15) is 6.61 Å². The molecule has 83 heavy (non-hydrogen) atoms. The van der Waals surface area contributed by atoms with Crippen molar-refractivity contribution in [2.75, 3.05) is 26.4 Å². The molecule has 0 aliphatic rings.